The van der Waals surface area contributed by atoms with E-state index in [1.807, 2.05) is 91.0 Å². The molecule has 1 aliphatic rings. The molecule has 0 aliphatic carbocycles. The number of hydrogen-bond acceptors (Lipinski definition) is 6. The average molecular weight is 492 g/mol. The third kappa shape index (κ3) is 7.46. The number of aliphatic hydroxyl groups is 1. The predicted molar refractivity (Wildman–Crippen MR) is 135 cm³/mol. The van der Waals surface area contributed by atoms with Crippen LogP contribution in [0, 0.1) is 0 Å². The molecule has 5 atom stereocenters. The van der Waals surface area contributed by atoms with Crippen LogP contribution in [0.2, 0.25) is 0 Å². The Kier molecular flexibility index (Phi) is 9.61. The third-order valence-corrected chi connectivity index (χ3v) is 5.98. The highest BCUT2D eigenvalue weighted by Gasteiger charge is 2.47. The van der Waals surface area contributed by atoms with Crippen LogP contribution < -0.4 is 5.32 Å². The third-order valence-electron chi connectivity index (χ3n) is 5.98. The van der Waals surface area contributed by atoms with E-state index in [0.29, 0.717) is 6.61 Å². The summed E-state index contributed by atoms with van der Waals surface area (Å²) in [6, 6.07) is 28.4. The van der Waals surface area contributed by atoms with Gasteiger partial charge in [0.05, 0.1) is 26.4 Å². The smallest absolute Gasteiger partial charge is 0.217 e. The maximum absolute atomic E-state index is 12.0. The largest absolute Gasteiger partial charge is 0.388 e. The molecule has 0 aromatic heterocycles. The molecular formula is C29H33NO6. The van der Waals surface area contributed by atoms with Crippen molar-refractivity contribution >= 4 is 5.91 Å². The van der Waals surface area contributed by atoms with Crippen LogP contribution in [0.4, 0.5) is 0 Å². The number of aliphatic hydroxyl groups excluding tert-OH is 1. The van der Waals surface area contributed by atoms with Crippen molar-refractivity contribution in [3.63, 3.8) is 0 Å². The van der Waals surface area contributed by atoms with Crippen molar-refractivity contribution in [1.82, 2.24) is 5.32 Å². The fourth-order valence-electron chi connectivity index (χ4n) is 4.18. The molecule has 36 heavy (non-hydrogen) atoms. The second-order valence-electron chi connectivity index (χ2n) is 8.82. The first-order valence-corrected chi connectivity index (χ1v) is 12.1. The second-order valence-corrected chi connectivity index (χ2v) is 8.82. The number of carbonyl (C=O) groups excluding carboxylic acids is 1. The van der Waals surface area contributed by atoms with Crippen LogP contribution >= 0.6 is 0 Å². The predicted octanol–water partition coefficient (Wildman–Crippen LogP) is 3.60. The Bertz CT molecular complexity index is 1050. The van der Waals surface area contributed by atoms with Crippen LogP contribution in [0.3, 0.4) is 0 Å². The Labute approximate surface area is 212 Å². The minimum absolute atomic E-state index is 0.184. The SMILES string of the molecule is CC(=O)N[C@H]1[C@@H](OCc2ccccc2)O[C@H](COCc2ccccc2)[C@H](OCc2ccccc2)[C@@H]1O. The molecule has 3 aromatic carbocycles. The molecule has 1 aliphatic heterocycles. The van der Waals surface area contributed by atoms with Crippen molar-refractivity contribution in [2.75, 3.05) is 6.61 Å². The molecule has 7 nitrogen and oxygen atoms in total. The molecule has 0 radical (unpaired) electrons. The van der Waals surface area contributed by atoms with E-state index in [1.54, 1.807) is 0 Å². The summed E-state index contributed by atoms with van der Waals surface area (Å²) in [7, 11) is 0. The zero-order chi connectivity index (χ0) is 25.2. The van der Waals surface area contributed by atoms with Gasteiger partial charge in [0.1, 0.15) is 24.4 Å². The van der Waals surface area contributed by atoms with E-state index in [1.165, 1.54) is 6.92 Å². The number of ether oxygens (including phenoxy) is 4. The summed E-state index contributed by atoms with van der Waals surface area (Å²) < 4.78 is 24.5. The molecule has 1 heterocycles. The standard InChI is InChI=1S/C29H33NO6/c1-21(31)30-26-27(32)28(34-18-23-13-7-3-8-14-23)25(20-33-17-22-11-5-2-6-12-22)36-29(26)35-19-24-15-9-4-10-16-24/h2-16,25-29,32H,17-20H2,1H3,(H,30,31)/t25-,26-,27-,28+,29+/m1/s1. The van der Waals surface area contributed by atoms with Crippen LogP contribution in [0.1, 0.15) is 23.6 Å². The van der Waals surface area contributed by atoms with Gasteiger partial charge in [0.15, 0.2) is 6.29 Å². The van der Waals surface area contributed by atoms with Gasteiger partial charge < -0.3 is 29.4 Å². The Hall–Kier alpha value is -3.07. The fraction of sp³-hybridized carbons (Fsp3) is 0.345. The highest BCUT2D eigenvalue weighted by Crippen LogP contribution is 2.27. The second kappa shape index (κ2) is 13.3. The number of amides is 1. The van der Waals surface area contributed by atoms with Gasteiger partial charge in [-0.15, -0.1) is 0 Å². The van der Waals surface area contributed by atoms with Gasteiger partial charge in [0.2, 0.25) is 5.91 Å². The number of benzene rings is 3. The molecule has 4 rings (SSSR count). The lowest BCUT2D eigenvalue weighted by Gasteiger charge is -2.44. The monoisotopic (exact) mass is 491 g/mol. The van der Waals surface area contributed by atoms with Crippen molar-refractivity contribution < 1.29 is 28.8 Å². The first kappa shape index (κ1) is 26.0. The highest BCUT2D eigenvalue weighted by molar-refractivity contribution is 5.73. The van der Waals surface area contributed by atoms with Gasteiger partial charge >= 0.3 is 0 Å². The molecule has 2 N–H and O–H groups in total. The zero-order valence-electron chi connectivity index (χ0n) is 20.4. The van der Waals surface area contributed by atoms with Crippen LogP contribution in [0.5, 0.6) is 0 Å². The van der Waals surface area contributed by atoms with Gasteiger partial charge in [-0.05, 0) is 16.7 Å². The minimum Gasteiger partial charge on any atom is -0.388 e. The van der Waals surface area contributed by atoms with E-state index in [-0.39, 0.29) is 25.7 Å². The highest BCUT2D eigenvalue weighted by atomic mass is 16.7. The van der Waals surface area contributed by atoms with E-state index in [0.717, 1.165) is 16.7 Å². The summed E-state index contributed by atoms with van der Waals surface area (Å²) in [4.78, 5) is 12.0. The van der Waals surface area contributed by atoms with Crippen molar-refractivity contribution in [3.8, 4) is 0 Å². The Morgan fingerprint density at radius 2 is 1.31 bits per heavy atom. The molecule has 1 fully saturated rings. The Balaban J connectivity index is 1.49. The van der Waals surface area contributed by atoms with E-state index in [2.05, 4.69) is 5.32 Å². The van der Waals surface area contributed by atoms with Gasteiger partial charge in [0.25, 0.3) is 0 Å². The fourth-order valence-corrected chi connectivity index (χ4v) is 4.18. The van der Waals surface area contributed by atoms with E-state index in [9.17, 15) is 9.90 Å². The Morgan fingerprint density at radius 3 is 1.83 bits per heavy atom. The number of nitrogens with one attached hydrogen (secondary N) is 1. The molecule has 1 amide bonds. The lowest BCUT2D eigenvalue weighted by atomic mass is 9.96. The minimum atomic E-state index is -1.07. The number of hydrogen-bond donors (Lipinski definition) is 2. The molecule has 0 unspecified atom stereocenters. The van der Waals surface area contributed by atoms with Gasteiger partial charge in [-0.1, -0.05) is 91.0 Å². The van der Waals surface area contributed by atoms with Gasteiger partial charge in [0, 0.05) is 6.92 Å². The van der Waals surface area contributed by atoms with Crippen LogP contribution in [0.15, 0.2) is 91.0 Å². The molecular weight excluding hydrogens is 458 g/mol. The lowest BCUT2D eigenvalue weighted by Crippen LogP contribution is -2.65. The van der Waals surface area contributed by atoms with Crippen LogP contribution in [-0.4, -0.2) is 48.3 Å². The topological polar surface area (TPSA) is 86.3 Å². The molecule has 190 valence electrons. The normalized spacial score (nSPS) is 23.8. The summed E-state index contributed by atoms with van der Waals surface area (Å²) in [5.74, 6) is -0.295. The molecule has 3 aromatic rings. The van der Waals surface area contributed by atoms with Crippen LogP contribution in [0.25, 0.3) is 0 Å². The van der Waals surface area contributed by atoms with Gasteiger partial charge in [-0.2, -0.15) is 0 Å². The summed E-state index contributed by atoms with van der Waals surface area (Å²) in [5, 5.41) is 14.1. The van der Waals surface area contributed by atoms with E-state index >= 15 is 0 Å². The quantitative estimate of drug-likeness (QED) is 0.426. The average Bonchev–Trinajstić information content (AvgIpc) is 2.90. The lowest BCUT2D eigenvalue weighted by molar-refractivity contribution is -0.285. The van der Waals surface area contributed by atoms with E-state index < -0.39 is 30.6 Å². The number of carbonyl (C=O) groups is 1. The van der Waals surface area contributed by atoms with E-state index in [4.69, 9.17) is 18.9 Å². The first-order chi connectivity index (χ1) is 17.6. The summed E-state index contributed by atoms with van der Waals surface area (Å²) in [6.45, 7) is 2.52. The molecule has 0 saturated carbocycles. The molecule has 0 spiro atoms. The van der Waals surface area contributed by atoms with Gasteiger partial charge in [-0.25, -0.2) is 0 Å². The molecule has 1 saturated heterocycles. The Morgan fingerprint density at radius 1 is 0.806 bits per heavy atom. The van der Waals surface area contributed by atoms with Crippen molar-refractivity contribution in [1.29, 1.82) is 0 Å². The van der Waals surface area contributed by atoms with Crippen LogP contribution in [-0.2, 0) is 43.6 Å². The summed E-state index contributed by atoms with van der Waals surface area (Å²) in [6.07, 6.45) is -3.31. The van der Waals surface area contributed by atoms with Crippen molar-refractivity contribution in [3.05, 3.63) is 108 Å². The van der Waals surface area contributed by atoms with Crippen molar-refractivity contribution in [2.24, 2.45) is 0 Å². The van der Waals surface area contributed by atoms with Gasteiger partial charge in [-0.3, -0.25) is 4.79 Å². The molecule has 7 heteroatoms. The number of rotatable bonds is 11. The summed E-state index contributed by atoms with van der Waals surface area (Å²) >= 11 is 0. The maximum Gasteiger partial charge on any atom is 0.217 e. The summed E-state index contributed by atoms with van der Waals surface area (Å²) in [5.41, 5.74) is 2.95. The first-order valence-electron chi connectivity index (χ1n) is 12.1. The van der Waals surface area contributed by atoms with Crippen molar-refractivity contribution in [2.45, 2.75) is 57.4 Å². The maximum atomic E-state index is 12.0. The zero-order valence-corrected chi connectivity index (χ0v) is 20.4. The molecule has 0 bridgehead atoms.